The number of H-pyrrole nitrogens is 1. The van der Waals surface area contributed by atoms with Crippen LogP contribution in [-0.4, -0.2) is 51.7 Å². The van der Waals surface area contributed by atoms with Crippen molar-refractivity contribution in [1.29, 1.82) is 0 Å². The fraction of sp³-hybridized carbons (Fsp3) is 0.444. The monoisotopic (exact) mass is 357 g/mol. The Morgan fingerprint density at radius 2 is 2.28 bits per heavy atom. The van der Waals surface area contributed by atoms with E-state index in [4.69, 9.17) is 5.73 Å². The van der Waals surface area contributed by atoms with Crippen LogP contribution in [0.5, 0.6) is 0 Å². The summed E-state index contributed by atoms with van der Waals surface area (Å²) in [6.45, 7) is 4.32. The standard InChI is InChI=1S/C18H23N5OS/c1-18(19)5-2-8-23(12-18)17(24)15-11-22(9-10-25-15)14-4-7-21-16-13(14)3-6-20-16/h3-4,6-7,11H,2,5,8-10,12,19H2,1H3,(H,20,21)/t18-/m0/s1. The van der Waals surface area contributed by atoms with Crippen molar-refractivity contribution >= 4 is 34.4 Å². The number of thioether (sulfide) groups is 1. The number of nitrogens with zero attached hydrogens (tertiary/aromatic N) is 3. The van der Waals surface area contributed by atoms with E-state index in [1.165, 1.54) is 0 Å². The van der Waals surface area contributed by atoms with Gasteiger partial charge in [-0.1, -0.05) is 0 Å². The second-order valence-electron chi connectivity index (χ2n) is 7.09. The Hall–Kier alpha value is -1.99. The van der Waals surface area contributed by atoms with E-state index >= 15 is 0 Å². The van der Waals surface area contributed by atoms with Gasteiger partial charge in [-0.15, -0.1) is 11.8 Å². The van der Waals surface area contributed by atoms with Crippen LogP contribution >= 0.6 is 11.8 Å². The summed E-state index contributed by atoms with van der Waals surface area (Å²) in [7, 11) is 0. The number of aromatic nitrogens is 2. The maximum Gasteiger partial charge on any atom is 0.261 e. The van der Waals surface area contributed by atoms with Crippen LogP contribution in [0.2, 0.25) is 0 Å². The number of rotatable bonds is 2. The van der Waals surface area contributed by atoms with Crippen molar-refractivity contribution in [3.05, 3.63) is 35.6 Å². The van der Waals surface area contributed by atoms with Crippen LogP contribution in [0.4, 0.5) is 5.69 Å². The molecule has 1 amide bonds. The van der Waals surface area contributed by atoms with Crippen LogP contribution in [0.25, 0.3) is 11.0 Å². The van der Waals surface area contributed by atoms with Gasteiger partial charge in [-0.3, -0.25) is 4.79 Å². The van der Waals surface area contributed by atoms with Crippen molar-refractivity contribution in [3.8, 4) is 0 Å². The topological polar surface area (TPSA) is 78.2 Å². The third kappa shape index (κ3) is 3.26. The zero-order valence-corrected chi connectivity index (χ0v) is 15.2. The van der Waals surface area contributed by atoms with E-state index in [-0.39, 0.29) is 11.4 Å². The predicted molar refractivity (Wildman–Crippen MR) is 102 cm³/mol. The molecule has 0 radical (unpaired) electrons. The molecular weight excluding hydrogens is 334 g/mol. The lowest BCUT2D eigenvalue weighted by Crippen LogP contribution is -2.54. The van der Waals surface area contributed by atoms with Crippen LogP contribution in [0.15, 0.2) is 35.6 Å². The number of likely N-dealkylation sites (tertiary alicyclic amines) is 1. The first-order valence-corrected chi connectivity index (χ1v) is 9.64. The zero-order chi connectivity index (χ0) is 17.4. The Balaban J connectivity index is 1.60. The van der Waals surface area contributed by atoms with E-state index < -0.39 is 0 Å². The van der Waals surface area contributed by atoms with Gasteiger partial charge in [-0.25, -0.2) is 4.98 Å². The molecule has 0 spiro atoms. The molecule has 1 saturated heterocycles. The summed E-state index contributed by atoms with van der Waals surface area (Å²) in [5.74, 6) is 0.991. The largest absolute Gasteiger partial charge is 0.346 e. The van der Waals surface area contributed by atoms with Gasteiger partial charge in [0.25, 0.3) is 5.91 Å². The maximum atomic E-state index is 13.0. The van der Waals surface area contributed by atoms with Crippen molar-refractivity contribution in [2.75, 3.05) is 30.3 Å². The van der Waals surface area contributed by atoms with Crippen molar-refractivity contribution < 1.29 is 4.79 Å². The predicted octanol–water partition coefficient (Wildman–Crippen LogP) is 2.30. The van der Waals surface area contributed by atoms with Crippen molar-refractivity contribution in [1.82, 2.24) is 14.9 Å². The molecule has 2 aliphatic heterocycles. The highest BCUT2D eigenvalue weighted by Crippen LogP contribution is 2.32. The lowest BCUT2D eigenvalue weighted by Gasteiger charge is -2.38. The molecule has 7 heteroatoms. The summed E-state index contributed by atoms with van der Waals surface area (Å²) in [6.07, 6.45) is 7.62. The summed E-state index contributed by atoms with van der Waals surface area (Å²) in [6, 6.07) is 4.03. The fourth-order valence-corrected chi connectivity index (χ4v) is 4.56. The molecule has 1 atom stereocenters. The molecule has 4 rings (SSSR count). The number of hydrogen-bond acceptors (Lipinski definition) is 5. The molecule has 4 heterocycles. The van der Waals surface area contributed by atoms with Crippen LogP contribution in [0, 0.1) is 0 Å². The van der Waals surface area contributed by atoms with Gasteiger partial charge in [0.2, 0.25) is 0 Å². The second-order valence-corrected chi connectivity index (χ2v) is 8.23. The second kappa shape index (κ2) is 6.38. The molecule has 3 N–H and O–H groups in total. The van der Waals surface area contributed by atoms with Crippen LogP contribution < -0.4 is 10.6 Å². The van der Waals surface area contributed by atoms with Gasteiger partial charge < -0.3 is 20.5 Å². The molecule has 6 nitrogen and oxygen atoms in total. The highest BCUT2D eigenvalue weighted by Gasteiger charge is 2.32. The highest BCUT2D eigenvalue weighted by atomic mass is 32.2. The molecule has 0 aliphatic carbocycles. The van der Waals surface area contributed by atoms with E-state index in [9.17, 15) is 4.79 Å². The molecular formula is C18H23N5OS. The number of nitrogens with one attached hydrogen (secondary N) is 1. The molecule has 0 saturated carbocycles. The Morgan fingerprint density at radius 1 is 1.40 bits per heavy atom. The lowest BCUT2D eigenvalue weighted by atomic mass is 9.92. The quantitative estimate of drug-likeness (QED) is 0.862. The Morgan fingerprint density at radius 3 is 3.12 bits per heavy atom. The SMILES string of the molecule is C[C@]1(N)CCCN(C(=O)C2=CN(c3ccnc4[nH]ccc34)CCS2)C1. The van der Waals surface area contributed by atoms with Crippen molar-refractivity contribution in [3.63, 3.8) is 0 Å². The summed E-state index contributed by atoms with van der Waals surface area (Å²) >= 11 is 1.63. The summed E-state index contributed by atoms with van der Waals surface area (Å²) in [5.41, 5.74) is 7.93. The first kappa shape index (κ1) is 16.5. The molecule has 0 unspecified atom stereocenters. The number of piperidine rings is 1. The number of pyridine rings is 1. The Bertz CT molecular complexity index is 828. The maximum absolute atomic E-state index is 13.0. The minimum Gasteiger partial charge on any atom is -0.346 e. The molecule has 2 aromatic rings. The van der Waals surface area contributed by atoms with E-state index in [0.717, 1.165) is 53.3 Å². The molecule has 25 heavy (non-hydrogen) atoms. The number of aromatic amines is 1. The molecule has 132 valence electrons. The number of anilines is 1. The van der Waals surface area contributed by atoms with E-state index in [1.807, 2.05) is 36.4 Å². The first-order valence-electron chi connectivity index (χ1n) is 8.65. The van der Waals surface area contributed by atoms with Crippen molar-refractivity contribution in [2.45, 2.75) is 25.3 Å². The summed E-state index contributed by atoms with van der Waals surface area (Å²) in [4.78, 5) is 25.3. The third-order valence-corrected chi connectivity index (χ3v) is 5.81. The van der Waals surface area contributed by atoms with E-state index in [1.54, 1.807) is 18.0 Å². The summed E-state index contributed by atoms with van der Waals surface area (Å²) in [5, 5.41) is 1.07. The van der Waals surface area contributed by atoms with Gasteiger partial charge in [0.05, 0.1) is 10.6 Å². The normalized spacial score (nSPS) is 24.5. The van der Waals surface area contributed by atoms with Gasteiger partial charge in [-0.2, -0.15) is 0 Å². The molecule has 2 aliphatic rings. The Kier molecular flexibility index (Phi) is 4.21. The average molecular weight is 357 g/mol. The number of carbonyl (C=O) groups excluding carboxylic acids is 1. The van der Waals surface area contributed by atoms with E-state index in [2.05, 4.69) is 14.9 Å². The number of hydrogen-bond donors (Lipinski definition) is 2. The number of fused-ring (bicyclic) bond motifs is 1. The highest BCUT2D eigenvalue weighted by molar-refractivity contribution is 8.04. The average Bonchev–Trinajstić information content (AvgIpc) is 3.09. The van der Waals surface area contributed by atoms with Gasteiger partial charge in [0.15, 0.2) is 0 Å². The smallest absolute Gasteiger partial charge is 0.261 e. The van der Waals surface area contributed by atoms with Crippen LogP contribution in [0.3, 0.4) is 0 Å². The fourth-order valence-electron chi connectivity index (χ4n) is 3.60. The van der Waals surface area contributed by atoms with Crippen LogP contribution in [-0.2, 0) is 4.79 Å². The van der Waals surface area contributed by atoms with Gasteiger partial charge in [0.1, 0.15) is 5.65 Å². The zero-order valence-electron chi connectivity index (χ0n) is 14.4. The number of nitrogens with two attached hydrogens (primary N) is 1. The minimum atomic E-state index is -0.282. The molecule has 0 aromatic carbocycles. The summed E-state index contributed by atoms with van der Waals surface area (Å²) < 4.78 is 0. The number of carbonyl (C=O) groups is 1. The van der Waals surface area contributed by atoms with Gasteiger partial charge >= 0.3 is 0 Å². The van der Waals surface area contributed by atoms with Crippen LogP contribution in [0.1, 0.15) is 19.8 Å². The molecule has 2 aromatic heterocycles. The van der Waals surface area contributed by atoms with Gasteiger partial charge in [-0.05, 0) is 31.9 Å². The number of amides is 1. The van der Waals surface area contributed by atoms with Crippen molar-refractivity contribution in [2.24, 2.45) is 5.73 Å². The molecule has 1 fully saturated rings. The van der Waals surface area contributed by atoms with Gasteiger partial charge in [0, 0.05) is 54.9 Å². The lowest BCUT2D eigenvalue weighted by molar-refractivity contribution is -0.128. The molecule has 0 bridgehead atoms. The van der Waals surface area contributed by atoms with E-state index in [0.29, 0.717) is 6.54 Å². The third-order valence-electron chi connectivity index (χ3n) is 4.84. The minimum absolute atomic E-state index is 0.102. The first-order chi connectivity index (χ1) is 12.0. The Labute approximate surface area is 151 Å².